The normalized spacial score (nSPS) is 17.0. The van der Waals surface area contributed by atoms with Gasteiger partial charge in [0.2, 0.25) is 0 Å². The van der Waals surface area contributed by atoms with Crippen LogP contribution in [0.5, 0.6) is 0 Å². The number of aliphatic carboxylic acids is 1. The Morgan fingerprint density at radius 1 is 1.26 bits per heavy atom. The Labute approximate surface area is 113 Å². The summed E-state index contributed by atoms with van der Waals surface area (Å²) in [6, 6.07) is 7.15. The smallest absolute Gasteiger partial charge is 0.327 e. The van der Waals surface area contributed by atoms with Gasteiger partial charge in [0.05, 0.1) is 0 Å². The Morgan fingerprint density at radius 2 is 1.89 bits per heavy atom. The zero-order valence-electron chi connectivity index (χ0n) is 11.0. The van der Waals surface area contributed by atoms with Crippen molar-refractivity contribution in [3.8, 4) is 0 Å². The predicted molar refractivity (Wildman–Crippen MR) is 76.6 cm³/mol. The number of nitrogens with one attached hydrogen (secondary N) is 1. The van der Waals surface area contributed by atoms with Gasteiger partial charge in [-0.1, -0.05) is 0 Å². The van der Waals surface area contributed by atoms with Crippen molar-refractivity contribution >= 4 is 17.3 Å². The molecule has 1 aliphatic heterocycles. The predicted octanol–water partition coefficient (Wildman–Crippen LogP) is 1.50. The van der Waals surface area contributed by atoms with Crippen LogP contribution in [0.25, 0.3) is 0 Å². The fourth-order valence-electron chi connectivity index (χ4n) is 2.34. The van der Waals surface area contributed by atoms with E-state index in [4.69, 9.17) is 10.8 Å². The van der Waals surface area contributed by atoms with Crippen LogP contribution < -0.4 is 16.0 Å². The number of rotatable bonds is 5. The number of carbonyl (C=O) groups is 1. The SMILES string of the molecule is NCC(Nc1ccc(N2CCCCC2)cc1)C(=O)O. The molecule has 19 heavy (non-hydrogen) atoms. The third-order valence-corrected chi connectivity index (χ3v) is 3.46. The second kappa shape index (κ2) is 6.43. The van der Waals surface area contributed by atoms with Crippen LogP contribution in [0, 0.1) is 0 Å². The van der Waals surface area contributed by atoms with Gasteiger partial charge in [0.15, 0.2) is 0 Å². The summed E-state index contributed by atoms with van der Waals surface area (Å²) in [6.07, 6.45) is 3.80. The van der Waals surface area contributed by atoms with Crippen molar-refractivity contribution in [1.29, 1.82) is 0 Å². The molecule has 5 heteroatoms. The number of piperidine rings is 1. The van der Waals surface area contributed by atoms with Crippen LogP contribution in [0.4, 0.5) is 11.4 Å². The molecule has 0 spiro atoms. The minimum absolute atomic E-state index is 0.0726. The fraction of sp³-hybridized carbons (Fsp3) is 0.500. The summed E-state index contributed by atoms with van der Waals surface area (Å²) >= 11 is 0. The first-order chi connectivity index (χ1) is 9.20. The lowest BCUT2D eigenvalue weighted by molar-refractivity contribution is -0.137. The molecule has 0 aliphatic carbocycles. The third-order valence-electron chi connectivity index (χ3n) is 3.46. The average Bonchev–Trinajstić information content (AvgIpc) is 2.46. The highest BCUT2D eigenvalue weighted by Gasteiger charge is 2.15. The Morgan fingerprint density at radius 3 is 2.42 bits per heavy atom. The number of benzene rings is 1. The molecule has 1 atom stereocenters. The Hall–Kier alpha value is -1.75. The summed E-state index contributed by atoms with van der Waals surface area (Å²) in [7, 11) is 0. The van der Waals surface area contributed by atoms with Gasteiger partial charge in [-0.05, 0) is 43.5 Å². The highest BCUT2D eigenvalue weighted by Crippen LogP contribution is 2.22. The lowest BCUT2D eigenvalue weighted by atomic mass is 10.1. The van der Waals surface area contributed by atoms with E-state index in [1.807, 2.05) is 24.3 Å². The van der Waals surface area contributed by atoms with Crippen molar-refractivity contribution in [2.75, 3.05) is 29.9 Å². The van der Waals surface area contributed by atoms with E-state index in [1.165, 1.54) is 24.9 Å². The molecule has 1 aliphatic rings. The summed E-state index contributed by atoms with van der Waals surface area (Å²) in [6.45, 7) is 2.28. The molecule has 2 rings (SSSR count). The molecule has 0 radical (unpaired) electrons. The fourth-order valence-corrected chi connectivity index (χ4v) is 2.34. The number of hydrogen-bond acceptors (Lipinski definition) is 4. The van der Waals surface area contributed by atoms with E-state index >= 15 is 0 Å². The first-order valence-electron chi connectivity index (χ1n) is 6.75. The quantitative estimate of drug-likeness (QED) is 0.750. The summed E-state index contributed by atoms with van der Waals surface area (Å²) in [4.78, 5) is 13.3. The van der Waals surface area contributed by atoms with Crippen LogP contribution >= 0.6 is 0 Å². The van der Waals surface area contributed by atoms with E-state index in [2.05, 4.69) is 10.2 Å². The van der Waals surface area contributed by atoms with Crippen LogP contribution in [0.3, 0.4) is 0 Å². The number of anilines is 2. The third kappa shape index (κ3) is 3.61. The van der Waals surface area contributed by atoms with E-state index in [-0.39, 0.29) is 6.54 Å². The second-order valence-corrected chi connectivity index (χ2v) is 4.87. The van der Waals surface area contributed by atoms with E-state index in [0.717, 1.165) is 18.8 Å². The topological polar surface area (TPSA) is 78.6 Å². The average molecular weight is 263 g/mol. The Balaban J connectivity index is 1.99. The van der Waals surface area contributed by atoms with Crippen molar-refractivity contribution in [2.24, 2.45) is 5.73 Å². The first-order valence-corrected chi connectivity index (χ1v) is 6.75. The number of nitrogens with two attached hydrogens (primary N) is 1. The molecule has 1 heterocycles. The maximum absolute atomic E-state index is 10.9. The van der Waals surface area contributed by atoms with Gasteiger partial charge in [0.25, 0.3) is 0 Å². The summed E-state index contributed by atoms with van der Waals surface area (Å²) in [5.41, 5.74) is 7.41. The van der Waals surface area contributed by atoms with Gasteiger partial charge >= 0.3 is 5.97 Å². The van der Waals surface area contributed by atoms with Crippen molar-refractivity contribution in [3.05, 3.63) is 24.3 Å². The van der Waals surface area contributed by atoms with Gasteiger partial charge in [0.1, 0.15) is 6.04 Å². The van der Waals surface area contributed by atoms with Crippen LogP contribution in [0.1, 0.15) is 19.3 Å². The van der Waals surface area contributed by atoms with Gasteiger partial charge in [-0.25, -0.2) is 4.79 Å². The zero-order valence-corrected chi connectivity index (χ0v) is 11.0. The molecule has 0 saturated carbocycles. The number of hydrogen-bond donors (Lipinski definition) is 3. The lowest BCUT2D eigenvalue weighted by Gasteiger charge is -2.29. The lowest BCUT2D eigenvalue weighted by Crippen LogP contribution is -2.36. The van der Waals surface area contributed by atoms with Crippen molar-refractivity contribution in [1.82, 2.24) is 0 Å². The summed E-state index contributed by atoms with van der Waals surface area (Å²) in [5, 5.41) is 11.9. The Bertz CT molecular complexity index is 413. The van der Waals surface area contributed by atoms with Gasteiger partial charge < -0.3 is 21.1 Å². The zero-order chi connectivity index (χ0) is 13.7. The maximum atomic E-state index is 10.9. The molecule has 1 fully saturated rings. The van der Waals surface area contributed by atoms with E-state index in [9.17, 15) is 4.79 Å². The second-order valence-electron chi connectivity index (χ2n) is 4.87. The van der Waals surface area contributed by atoms with Gasteiger partial charge in [-0.15, -0.1) is 0 Å². The van der Waals surface area contributed by atoms with Crippen LogP contribution in [-0.2, 0) is 4.79 Å². The van der Waals surface area contributed by atoms with E-state index in [1.54, 1.807) is 0 Å². The molecular formula is C14H21N3O2. The number of nitrogens with zero attached hydrogens (tertiary/aromatic N) is 1. The van der Waals surface area contributed by atoms with Crippen molar-refractivity contribution in [2.45, 2.75) is 25.3 Å². The molecule has 1 aromatic carbocycles. The maximum Gasteiger partial charge on any atom is 0.327 e. The molecule has 1 aromatic rings. The monoisotopic (exact) mass is 263 g/mol. The summed E-state index contributed by atoms with van der Waals surface area (Å²) < 4.78 is 0. The molecule has 4 N–H and O–H groups in total. The molecule has 1 unspecified atom stereocenters. The molecule has 104 valence electrons. The Kier molecular flexibility index (Phi) is 4.63. The molecule has 0 bridgehead atoms. The largest absolute Gasteiger partial charge is 0.480 e. The highest BCUT2D eigenvalue weighted by atomic mass is 16.4. The molecule has 0 amide bonds. The van der Waals surface area contributed by atoms with Gasteiger partial charge in [-0.3, -0.25) is 0 Å². The standard InChI is InChI=1S/C14H21N3O2/c15-10-13(14(18)19)16-11-4-6-12(7-5-11)17-8-2-1-3-9-17/h4-7,13,16H,1-3,8-10,15H2,(H,18,19). The molecule has 1 saturated heterocycles. The summed E-state index contributed by atoms with van der Waals surface area (Å²) in [5.74, 6) is -0.928. The van der Waals surface area contributed by atoms with Crippen molar-refractivity contribution in [3.63, 3.8) is 0 Å². The molecule has 0 aromatic heterocycles. The van der Waals surface area contributed by atoms with Gasteiger partial charge in [-0.2, -0.15) is 0 Å². The van der Waals surface area contributed by atoms with Crippen molar-refractivity contribution < 1.29 is 9.90 Å². The molecular weight excluding hydrogens is 242 g/mol. The van der Waals surface area contributed by atoms with E-state index in [0.29, 0.717) is 0 Å². The number of carboxylic acids is 1. The number of carboxylic acid groups (broad SMARTS) is 1. The minimum atomic E-state index is -0.928. The minimum Gasteiger partial charge on any atom is -0.480 e. The van der Waals surface area contributed by atoms with Crippen LogP contribution in [0.15, 0.2) is 24.3 Å². The first kappa shape index (κ1) is 13.7. The van der Waals surface area contributed by atoms with E-state index < -0.39 is 12.0 Å². The van der Waals surface area contributed by atoms with Gasteiger partial charge in [0, 0.05) is 31.0 Å². The van der Waals surface area contributed by atoms with Crippen LogP contribution in [0.2, 0.25) is 0 Å². The molecule has 5 nitrogen and oxygen atoms in total. The highest BCUT2D eigenvalue weighted by molar-refractivity contribution is 5.77. The van der Waals surface area contributed by atoms with Crippen LogP contribution in [-0.4, -0.2) is 36.8 Å².